The van der Waals surface area contributed by atoms with Gasteiger partial charge in [-0.3, -0.25) is 4.90 Å². The van der Waals surface area contributed by atoms with Crippen LogP contribution in [0.5, 0.6) is 0 Å². The third kappa shape index (κ3) is 5.39. The van der Waals surface area contributed by atoms with Crippen LogP contribution in [0.1, 0.15) is 33.3 Å². The van der Waals surface area contributed by atoms with Gasteiger partial charge in [-0.2, -0.15) is 0 Å². The molecule has 20 heavy (non-hydrogen) atoms. The molecule has 0 bridgehead atoms. The third-order valence-corrected chi connectivity index (χ3v) is 8.91. The summed E-state index contributed by atoms with van der Waals surface area (Å²) in [6.45, 7) is 17.7. The lowest BCUT2D eigenvalue weighted by Gasteiger charge is -2.36. The summed E-state index contributed by atoms with van der Waals surface area (Å²) in [5, 5.41) is 0.295. The van der Waals surface area contributed by atoms with Crippen molar-refractivity contribution in [2.75, 3.05) is 19.7 Å². The average Bonchev–Trinajstić information content (AvgIpc) is 2.37. The molecule has 0 amide bonds. The van der Waals surface area contributed by atoms with Crippen molar-refractivity contribution >= 4 is 8.32 Å². The maximum atomic E-state index is 6.26. The second kappa shape index (κ2) is 7.39. The maximum Gasteiger partial charge on any atom is 0.192 e. The molecule has 3 heteroatoms. The van der Waals surface area contributed by atoms with E-state index in [0.29, 0.717) is 5.04 Å². The van der Waals surface area contributed by atoms with E-state index < -0.39 is 8.32 Å². The zero-order valence-electron chi connectivity index (χ0n) is 14.1. The summed E-state index contributed by atoms with van der Waals surface area (Å²) < 4.78 is 6.26. The quantitative estimate of drug-likeness (QED) is 0.541. The van der Waals surface area contributed by atoms with Crippen LogP contribution in [0.3, 0.4) is 0 Å². The molecule has 114 valence electrons. The van der Waals surface area contributed by atoms with E-state index in [1.807, 2.05) is 0 Å². The van der Waals surface area contributed by atoms with Gasteiger partial charge in [0.2, 0.25) is 0 Å². The first-order chi connectivity index (χ1) is 9.26. The molecule has 1 aromatic rings. The molecule has 0 aromatic heterocycles. The SMILES string of the molecule is CCN(Cc1ccccc1)[13CH2][13CH2]O[Si](C)(C)C(C)(C)C. The highest BCUT2D eigenvalue weighted by molar-refractivity contribution is 6.74. The highest BCUT2D eigenvalue weighted by Gasteiger charge is 2.36. The first kappa shape index (κ1) is 17.4. The van der Waals surface area contributed by atoms with Gasteiger partial charge in [0.1, 0.15) is 0 Å². The minimum Gasteiger partial charge on any atom is -0.416 e. The molecule has 0 fully saturated rings. The van der Waals surface area contributed by atoms with Crippen molar-refractivity contribution in [3.05, 3.63) is 35.9 Å². The van der Waals surface area contributed by atoms with Gasteiger partial charge in [0, 0.05) is 19.7 Å². The molecule has 0 aliphatic rings. The van der Waals surface area contributed by atoms with Crippen molar-refractivity contribution in [1.29, 1.82) is 0 Å². The molecule has 0 saturated carbocycles. The van der Waals surface area contributed by atoms with Crippen molar-refractivity contribution in [3.63, 3.8) is 0 Å². The molecule has 0 spiro atoms. The molecular formula is C17H31NOSi. The molecule has 0 radical (unpaired) electrons. The fourth-order valence-electron chi connectivity index (χ4n) is 1.84. The van der Waals surface area contributed by atoms with Gasteiger partial charge >= 0.3 is 0 Å². The van der Waals surface area contributed by atoms with Crippen molar-refractivity contribution < 1.29 is 4.43 Å². The molecule has 1 rings (SSSR count). The van der Waals surface area contributed by atoms with Gasteiger partial charge in [-0.05, 0) is 30.2 Å². The summed E-state index contributed by atoms with van der Waals surface area (Å²) in [5.74, 6) is 0. The topological polar surface area (TPSA) is 12.5 Å². The standard InChI is InChI=1S/C17H31NOSi/c1-7-18(15-16-11-9-8-10-12-16)13-14-19-20(5,6)17(2,3)4/h8-12H,7,13-15H2,1-6H3/i13+1,14+1. The van der Waals surface area contributed by atoms with Crippen LogP contribution >= 0.6 is 0 Å². The Hall–Kier alpha value is -0.643. The van der Waals surface area contributed by atoms with E-state index in [2.05, 4.69) is 76.0 Å². The molecule has 2 nitrogen and oxygen atoms in total. The largest absolute Gasteiger partial charge is 0.416 e. The average molecular weight is 296 g/mol. The molecule has 0 atom stereocenters. The lowest BCUT2D eigenvalue weighted by molar-refractivity contribution is 0.199. The van der Waals surface area contributed by atoms with Crippen LogP contribution in [-0.2, 0) is 11.0 Å². The number of benzene rings is 1. The van der Waals surface area contributed by atoms with Gasteiger partial charge in [0.25, 0.3) is 0 Å². The van der Waals surface area contributed by atoms with E-state index in [1.165, 1.54) is 5.56 Å². The zero-order chi connectivity index (χ0) is 15.2. The van der Waals surface area contributed by atoms with Crippen LogP contribution in [0.4, 0.5) is 0 Å². The van der Waals surface area contributed by atoms with E-state index in [4.69, 9.17) is 4.43 Å². The molecule has 1 aromatic carbocycles. The lowest BCUT2D eigenvalue weighted by Crippen LogP contribution is -2.42. The van der Waals surface area contributed by atoms with Crippen LogP contribution in [0, 0.1) is 0 Å². The zero-order valence-corrected chi connectivity index (χ0v) is 15.1. The van der Waals surface area contributed by atoms with Crippen molar-refractivity contribution in [2.24, 2.45) is 0 Å². The Morgan fingerprint density at radius 2 is 1.70 bits per heavy atom. The van der Waals surface area contributed by atoms with E-state index in [0.717, 1.165) is 26.2 Å². The van der Waals surface area contributed by atoms with Gasteiger partial charge in [-0.25, -0.2) is 0 Å². The fourth-order valence-corrected chi connectivity index (χ4v) is 2.87. The van der Waals surface area contributed by atoms with E-state index in [-0.39, 0.29) is 0 Å². The van der Waals surface area contributed by atoms with Gasteiger partial charge in [-0.15, -0.1) is 0 Å². The van der Waals surface area contributed by atoms with E-state index in [1.54, 1.807) is 0 Å². The summed E-state index contributed by atoms with van der Waals surface area (Å²) in [6, 6.07) is 10.7. The molecule has 0 aliphatic heterocycles. The second-order valence-corrected chi connectivity index (χ2v) is 11.8. The highest BCUT2D eigenvalue weighted by atomic mass is 28.4. The van der Waals surface area contributed by atoms with Crippen molar-refractivity contribution in [1.82, 2.24) is 4.90 Å². The molecule has 0 saturated heterocycles. The van der Waals surface area contributed by atoms with Crippen molar-refractivity contribution in [2.45, 2.75) is 52.4 Å². The number of rotatable bonds is 7. The number of hydrogen-bond donors (Lipinski definition) is 0. The number of hydrogen-bond acceptors (Lipinski definition) is 2. The van der Waals surface area contributed by atoms with Gasteiger partial charge in [-0.1, -0.05) is 58.0 Å². The van der Waals surface area contributed by atoms with Crippen LogP contribution < -0.4 is 0 Å². The highest BCUT2D eigenvalue weighted by Crippen LogP contribution is 2.36. The summed E-state index contributed by atoms with van der Waals surface area (Å²) in [6.07, 6.45) is 0. The van der Waals surface area contributed by atoms with Gasteiger partial charge < -0.3 is 4.43 Å². The minimum atomic E-state index is -1.60. The van der Waals surface area contributed by atoms with Crippen molar-refractivity contribution in [3.8, 4) is 0 Å². The van der Waals surface area contributed by atoms with Crippen LogP contribution in [0.2, 0.25) is 18.1 Å². The molecular weight excluding hydrogens is 264 g/mol. The minimum absolute atomic E-state index is 0.295. The smallest absolute Gasteiger partial charge is 0.192 e. The fraction of sp³-hybridized carbons (Fsp3) is 0.647. The first-order valence-corrected chi connectivity index (χ1v) is 10.6. The molecule has 0 heterocycles. The molecule has 0 N–H and O–H groups in total. The summed E-state index contributed by atoms with van der Waals surface area (Å²) in [7, 11) is -1.60. The third-order valence-electron chi connectivity index (χ3n) is 4.37. The van der Waals surface area contributed by atoms with Crippen LogP contribution in [0.15, 0.2) is 30.3 Å². The Morgan fingerprint density at radius 1 is 1.10 bits per heavy atom. The Balaban J connectivity index is 2.43. The lowest BCUT2D eigenvalue weighted by atomic mass is 10.2. The number of nitrogens with zero attached hydrogens (tertiary/aromatic N) is 1. The van der Waals surface area contributed by atoms with Gasteiger partial charge in [0.15, 0.2) is 8.32 Å². The second-order valence-electron chi connectivity index (χ2n) is 6.96. The van der Waals surface area contributed by atoms with Gasteiger partial charge in [0.05, 0.1) is 0 Å². The predicted octanol–water partition coefficient (Wildman–Crippen LogP) is 4.53. The Kier molecular flexibility index (Phi) is 6.43. The predicted molar refractivity (Wildman–Crippen MR) is 90.5 cm³/mol. The van der Waals surface area contributed by atoms with Crippen LogP contribution in [-0.4, -0.2) is 32.9 Å². The van der Waals surface area contributed by atoms with E-state index in [9.17, 15) is 0 Å². The normalized spacial score (nSPS) is 12.9. The van der Waals surface area contributed by atoms with E-state index >= 15 is 0 Å². The first-order valence-electron chi connectivity index (χ1n) is 7.66. The van der Waals surface area contributed by atoms with Crippen LogP contribution in [0.25, 0.3) is 0 Å². The monoisotopic (exact) mass is 295 g/mol. The summed E-state index contributed by atoms with van der Waals surface area (Å²) in [4.78, 5) is 2.45. The summed E-state index contributed by atoms with van der Waals surface area (Å²) >= 11 is 0. The number of likely N-dealkylation sites (N-methyl/N-ethyl adjacent to an activating group) is 1. The Labute approximate surface area is 126 Å². The summed E-state index contributed by atoms with van der Waals surface area (Å²) in [5.41, 5.74) is 1.38. The Morgan fingerprint density at radius 3 is 2.20 bits per heavy atom. The maximum absolute atomic E-state index is 6.26. The molecule has 0 aliphatic carbocycles. The molecule has 0 unspecified atom stereocenters. The Bertz CT molecular complexity index is 384.